The second-order valence-corrected chi connectivity index (χ2v) is 25.8. The second-order valence-electron chi connectivity index (χ2n) is 25.8. The highest BCUT2D eigenvalue weighted by Gasteiger charge is 2.43. The quantitative estimate of drug-likeness (QED) is 0.145. The van der Waals surface area contributed by atoms with Gasteiger partial charge in [0.05, 0.1) is 17.1 Å². The summed E-state index contributed by atoms with van der Waals surface area (Å²) in [5.41, 5.74) is 27.9. The molecule has 0 saturated heterocycles. The molecule has 2 aliphatic carbocycles. The van der Waals surface area contributed by atoms with Crippen molar-refractivity contribution in [3.8, 4) is 78.3 Å². The third kappa shape index (κ3) is 9.48. The molecule has 380 valence electrons. The molecule has 0 amide bonds. The van der Waals surface area contributed by atoms with Crippen molar-refractivity contribution in [2.75, 3.05) is 0 Å². The van der Waals surface area contributed by atoms with Crippen LogP contribution in [0.2, 0.25) is 0 Å². The summed E-state index contributed by atoms with van der Waals surface area (Å²) in [6.07, 6.45) is 12.8. The first-order chi connectivity index (χ1) is 36.0. The predicted molar refractivity (Wildman–Crippen MR) is 323 cm³/mol. The summed E-state index contributed by atoms with van der Waals surface area (Å²) in [6, 6.07) is 56.3. The fourth-order valence-electron chi connectivity index (χ4n) is 13.3. The van der Waals surface area contributed by atoms with E-state index in [2.05, 4.69) is 266 Å². The minimum Gasteiger partial charge on any atom is -0.256 e. The van der Waals surface area contributed by atoms with Crippen LogP contribution in [0.4, 0.5) is 0 Å². The van der Waals surface area contributed by atoms with Crippen molar-refractivity contribution in [2.45, 2.75) is 130 Å². The molecule has 76 heavy (non-hydrogen) atoms. The van der Waals surface area contributed by atoms with E-state index >= 15 is 0 Å². The monoisotopic (exact) mass is 992 g/mol. The van der Waals surface area contributed by atoms with Crippen molar-refractivity contribution >= 4 is 12.2 Å². The number of rotatable bonds is 9. The number of aromatic nitrogens is 3. The molecule has 3 nitrogen and oxygen atoms in total. The number of pyridine rings is 3. The second kappa shape index (κ2) is 18.7. The predicted octanol–water partition coefficient (Wildman–Crippen LogP) is 19.5. The lowest BCUT2D eigenvalue weighted by atomic mass is 9.82. The van der Waals surface area contributed by atoms with Gasteiger partial charge in [0.1, 0.15) is 0 Å². The van der Waals surface area contributed by atoms with Gasteiger partial charge in [0.15, 0.2) is 0 Å². The number of aryl methyl sites for hydroxylation is 2. The van der Waals surface area contributed by atoms with E-state index in [1.807, 2.05) is 6.20 Å². The maximum Gasteiger partial charge on any atom is 0.0705 e. The fourth-order valence-corrected chi connectivity index (χ4v) is 13.3. The van der Waals surface area contributed by atoms with Crippen molar-refractivity contribution in [3.05, 3.63) is 220 Å². The average molecular weight is 992 g/mol. The third-order valence-corrected chi connectivity index (χ3v) is 16.8. The molecule has 0 radical (unpaired) electrons. The van der Waals surface area contributed by atoms with E-state index < -0.39 is 0 Å². The Hall–Kier alpha value is -7.49. The maximum atomic E-state index is 5.20. The molecule has 3 heteroatoms. The Balaban J connectivity index is 0.980. The molecule has 0 saturated carbocycles. The van der Waals surface area contributed by atoms with Crippen LogP contribution in [-0.4, -0.2) is 15.0 Å². The molecule has 3 aromatic heterocycles. The number of hydrogen-bond donors (Lipinski definition) is 0. The molecule has 6 aromatic carbocycles. The Labute approximate surface area is 453 Å². The van der Waals surface area contributed by atoms with Crippen LogP contribution in [0.15, 0.2) is 170 Å². The third-order valence-electron chi connectivity index (χ3n) is 16.8. The molecule has 0 unspecified atom stereocenters. The summed E-state index contributed by atoms with van der Waals surface area (Å²) in [4.78, 5) is 15.3. The molecular weight excluding hydrogens is 919 g/mol. The van der Waals surface area contributed by atoms with Crippen LogP contribution in [0.3, 0.4) is 0 Å². The van der Waals surface area contributed by atoms with Crippen LogP contribution in [0.5, 0.6) is 0 Å². The van der Waals surface area contributed by atoms with Crippen LogP contribution in [0.25, 0.3) is 90.4 Å². The van der Waals surface area contributed by atoms with Gasteiger partial charge in [0.2, 0.25) is 0 Å². The van der Waals surface area contributed by atoms with Crippen LogP contribution in [0.1, 0.15) is 139 Å². The first-order valence-electron chi connectivity index (χ1n) is 27.4. The molecule has 0 spiro atoms. The van der Waals surface area contributed by atoms with Gasteiger partial charge in [-0.1, -0.05) is 191 Å². The van der Waals surface area contributed by atoms with Gasteiger partial charge in [0.25, 0.3) is 0 Å². The fraction of sp³-hybridized carbons (Fsp3) is 0.274. The van der Waals surface area contributed by atoms with E-state index in [-0.39, 0.29) is 27.1 Å². The summed E-state index contributed by atoms with van der Waals surface area (Å²) in [5.74, 6) is 0. The average Bonchev–Trinajstić information content (AvgIpc) is 3.77. The molecule has 2 aliphatic rings. The van der Waals surface area contributed by atoms with Gasteiger partial charge in [-0.15, -0.1) is 0 Å². The van der Waals surface area contributed by atoms with Gasteiger partial charge >= 0.3 is 0 Å². The highest BCUT2D eigenvalue weighted by Crippen LogP contribution is 2.52. The zero-order chi connectivity index (χ0) is 53.5. The van der Waals surface area contributed by atoms with E-state index in [4.69, 9.17) is 15.0 Å². The van der Waals surface area contributed by atoms with Gasteiger partial charge in [-0.05, 0) is 186 Å². The molecule has 0 N–H and O–H groups in total. The SMILES string of the molecule is Cc1cc(-c2ccc3c(c2)C(C)(C)CC3(C)C)ncc1-c1ccccc1-c1cc(/C=C\c2ccc(-c3ccc(C(C)(C)C)cc3)nc2)cc(-c2ccccc2-c2cnc(-c3ccc4c(c3)C(C)(C)CC4(C)C)cc2C)c1. The molecule has 11 rings (SSSR count). The Morgan fingerprint density at radius 2 is 0.776 bits per heavy atom. The van der Waals surface area contributed by atoms with Crippen LogP contribution in [0, 0.1) is 13.8 Å². The van der Waals surface area contributed by atoms with Crippen LogP contribution >= 0.6 is 0 Å². The zero-order valence-electron chi connectivity index (χ0n) is 47.1. The number of benzene rings is 6. The lowest BCUT2D eigenvalue weighted by Gasteiger charge is -2.22. The standard InChI is InChI=1S/C73H73N3/c1-46-34-67(51-27-31-62-64(39-51)72(10,11)44-70(62,6)7)75-42-60(46)58-20-16-14-18-56(58)53-36-49(23-22-48-24-33-66(74-41-48)50-25-29-55(30-26-50)69(3,4)5)37-54(38-53)57-19-15-17-21-59(57)61-43-76-68(35-47(61)2)52-28-32-63-65(40-52)73(12,13)45-71(63,8)9/h14-43H,44-45H2,1-13H3/b23-22-. The van der Waals surface area contributed by atoms with E-state index in [0.29, 0.717) is 0 Å². The lowest BCUT2D eigenvalue weighted by Crippen LogP contribution is -2.18. The molecule has 0 fully saturated rings. The van der Waals surface area contributed by atoms with E-state index in [1.54, 1.807) is 0 Å². The van der Waals surface area contributed by atoms with Crippen molar-refractivity contribution < 1.29 is 0 Å². The summed E-state index contributed by atoms with van der Waals surface area (Å²) < 4.78 is 0. The molecule has 3 heterocycles. The Bertz CT molecular complexity index is 3550. The normalized spacial score (nSPS) is 16.0. The molecule has 0 atom stereocenters. The Kier molecular flexibility index (Phi) is 12.4. The van der Waals surface area contributed by atoms with E-state index in [0.717, 1.165) is 91.1 Å². The van der Waals surface area contributed by atoms with Gasteiger partial charge in [0, 0.05) is 46.4 Å². The summed E-state index contributed by atoms with van der Waals surface area (Å²) in [6.45, 7) is 30.2. The number of hydrogen-bond acceptors (Lipinski definition) is 3. The van der Waals surface area contributed by atoms with Crippen LogP contribution in [-0.2, 0) is 27.1 Å². The van der Waals surface area contributed by atoms with Gasteiger partial charge in [-0.25, -0.2) is 0 Å². The Morgan fingerprint density at radius 1 is 0.355 bits per heavy atom. The summed E-state index contributed by atoms with van der Waals surface area (Å²) >= 11 is 0. The Morgan fingerprint density at radius 3 is 1.21 bits per heavy atom. The molecular formula is C73H73N3. The molecule has 0 bridgehead atoms. The summed E-state index contributed by atoms with van der Waals surface area (Å²) in [7, 11) is 0. The van der Waals surface area contributed by atoms with Gasteiger partial charge in [-0.3, -0.25) is 15.0 Å². The van der Waals surface area contributed by atoms with Crippen molar-refractivity contribution in [3.63, 3.8) is 0 Å². The van der Waals surface area contributed by atoms with Crippen molar-refractivity contribution in [2.24, 2.45) is 0 Å². The maximum absolute atomic E-state index is 5.20. The first-order valence-corrected chi connectivity index (χ1v) is 27.4. The minimum atomic E-state index is 0.100. The number of nitrogens with zero attached hydrogens (tertiary/aromatic N) is 3. The van der Waals surface area contributed by atoms with Crippen LogP contribution < -0.4 is 0 Å². The minimum absolute atomic E-state index is 0.100. The smallest absolute Gasteiger partial charge is 0.0705 e. The molecule has 0 aliphatic heterocycles. The van der Waals surface area contributed by atoms with Crippen molar-refractivity contribution in [1.29, 1.82) is 0 Å². The van der Waals surface area contributed by atoms with Crippen molar-refractivity contribution in [1.82, 2.24) is 15.0 Å². The van der Waals surface area contributed by atoms with Gasteiger partial charge in [-0.2, -0.15) is 0 Å². The lowest BCUT2D eigenvalue weighted by molar-refractivity contribution is 0.402. The van der Waals surface area contributed by atoms with E-state index in [1.165, 1.54) is 50.1 Å². The number of fused-ring (bicyclic) bond motifs is 2. The largest absolute Gasteiger partial charge is 0.256 e. The summed E-state index contributed by atoms with van der Waals surface area (Å²) in [5, 5.41) is 0. The molecule has 9 aromatic rings. The topological polar surface area (TPSA) is 38.7 Å². The zero-order valence-corrected chi connectivity index (χ0v) is 47.1. The highest BCUT2D eigenvalue weighted by molar-refractivity contribution is 5.92. The first kappa shape index (κ1) is 50.7. The van der Waals surface area contributed by atoms with Gasteiger partial charge < -0.3 is 0 Å². The highest BCUT2D eigenvalue weighted by atomic mass is 14.7. The van der Waals surface area contributed by atoms with E-state index in [9.17, 15) is 0 Å².